The van der Waals surface area contributed by atoms with Gasteiger partial charge in [0.05, 0.1) is 35.6 Å². The number of sulfonamides is 1. The molecule has 3 aromatic carbocycles. The van der Waals surface area contributed by atoms with E-state index >= 15 is 0 Å². The summed E-state index contributed by atoms with van der Waals surface area (Å²) in [5.74, 6) is -0.811. The number of carbonyl (C=O) groups is 1. The largest absolute Gasteiger partial charge is 0.495 e. The van der Waals surface area contributed by atoms with Gasteiger partial charge in [0.25, 0.3) is 15.9 Å². The third kappa shape index (κ3) is 5.17. The van der Waals surface area contributed by atoms with Gasteiger partial charge in [-0.05, 0) is 61.9 Å². The Morgan fingerprint density at radius 1 is 1.00 bits per heavy atom. The first kappa shape index (κ1) is 23.1. The first-order valence-electron chi connectivity index (χ1n) is 9.75. The number of aryl methyl sites for hydroxylation is 1. The average Bonchev–Trinajstić information content (AvgIpc) is 2.75. The molecule has 0 saturated carbocycles. The molecule has 0 fully saturated rings. The van der Waals surface area contributed by atoms with Crippen molar-refractivity contribution in [1.29, 1.82) is 0 Å². The summed E-state index contributed by atoms with van der Waals surface area (Å²) in [6, 6.07) is 14.6. The van der Waals surface area contributed by atoms with Gasteiger partial charge in [0.15, 0.2) is 0 Å². The smallest absolute Gasteiger partial charge is 0.262 e. The zero-order valence-corrected chi connectivity index (χ0v) is 18.6. The standard InChI is InChI=1S/C23H23FN2O5S/c1-4-31-22-12-10-16(14-19(22)25-23(27)17-7-5-6-8-18(17)24)32(28,29)26-20-13-15(2)9-11-21(20)30-3/h5-14,26H,4H2,1-3H3,(H,25,27). The van der Waals surface area contributed by atoms with E-state index in [1.54, 1.807) is 25.1 Å². The van der Waals surface area contributed by atoms with Crippen LogP contribution >= 0.6 is 0 Å². The molecule has 0 bridgehead atoms. The van der Waals surface area contributed by atoms with Crippen molar-refractivity contribution in [2.45, 2.75) is 18.7 Å². The van der Waals surface area contributed by atoms with Crippen molar-refractivity contribution in [3.05, 3.63) is 77.6 Å². The molecule has 1 amide bonds. The number of benzene rings is 3. The Bertz CT molecular complexity index is 1240. The number of ether oxygens (including phenoxy) is 2. The lowest BCUT2D eigenvalue weighted by Gasteiger charge is -2.16. The van der Waals surface area contributed by atoms with Crippen molar-refractivity contribution in [2.24, 2.45) is 0 Å². The Labute approximate surface area is 186 Å². The molecule has 0 radical (unpaired) electrons. The van der Waals surface area contributed by atoms with Crippen LogP contribution in [-0.4, -0.2) is 28.0 Å². The molecule has 0 unspecified atom stereocenters. The number of hydrogen-bond acceptors (Lipinski definition) is 5. The van der Waals surface area contributed by atoms with Gasteiger partial charge in [0.2, 0.25) is 0 Å². The zero-order chi connectivity index (χ0) is 23.3. The van der Waals surface area contributed by atoms with Crippen molar-refractivity contribution >= 4 is 27.3 Å². The number of anilines is 2. The maximum absolute atomic E-state index is 14.0. The van der Waals surface area contributed by atoms with E-state index in [1.165, 1.54) is 49.6 Å². The van der Waals surface area contributed by atoms with Gasteiger partial charge in [-0.25, -0.2) is 12.8 Å². The predicted molar refractivity (Wildman–Crippen MR) is 121 cm³/mol. The van der Waals surface area contributed by atoms with Crippen LogP contribution in [0, 0.1) is 12.7 Å². The Balaban J connectivity index is 1.97. The van der Waals surface area contributed by atoms with Gasteiger partial charge in [-0.2, -0.15) is 0 Å². The van der Waals surface area contributed by atoms with E-state index in [-0.39, 0.29) is 34.2 Å². The molecule has 3 rings (SSSR count). The van der Waals surface area contributed by atoms with Crippen LogP contribution in [-0.2, 0) is 10.0 Å². The number of nitrogens with one attached hydrogen (secondary N) is 2. The predicted octanol–water partition coefficient (Wildman–Crippen LogP) is 4.59. The highest BCUT2D eigenvalue weighted by molar-refractivity contribution is 7.92. The van der Waals surface area contributed by atoms with Crippen LogP contribution in [0.5, 0.6) is 11.5 Å². The number of amides is 1. The lowest BCUT2D eigenvalue weighted by Crippen LogP contribution is -2.17. The monoisotopic (exact) mass is 458 g/mol. The Hall–Kier alpha value is -3.59. The molecule has 3 aromatic rings. The SMILES string of the molecule is CCOc1ccc(S(=O)(=O)Nc2cc(C)ccc2OC)cc1NC(=O)c1ccccc1F. The molecule has 0 atom stereocenters. The number of carbonyl (C=O) groups excluding carboxylic acids is 1. The third-order valence-electron chi connectivity index (χ3n) is 4.53. The molecule has 0 saturated heterocycles. The highest BCUT2D eigenvalue weighted by Crippen LogP contribution is 2.32. The third-order valence-corrected chi connectivity index (χ3v) is 5.89. The summed E-state index contributed by atoms with van der Waals surface area (Å²) in [5, 5.41) is 2.54. The van der Waals surface area contributed by atoms with Gasteiger partial charge in [0.1, 0.15) is 17.3 Å². The van der Waals surface area contributed by atoms with Gasteiger partial charge >= 0.3 is 0 Å². The molecule has 0 aliphatic rings. The van der Waals surface area contributed by atoms with Crippen LogP contribution in [0.25, 0.3) is 0 Å². The van der Waals surface area contributed by atoms with E-state index in [4.69, 9.17) is 9.47 Å². The first-order chi connectivity index (χ1) is 15.2. The highest BCUT2D eigenvalue weighted by Gasteiger charge is 2.21. The average molecular weight is 459 g/mol. The van der Waals surface area contributed by atoms with Gasteiger partial charge in [-0.15, -0.1) is 0 Å². The summed E-state index contributed by atoms with van der Waals surface area (Å²) < 4.78 is 53.3. The maximum Gasteiger partial charge on any atom is 0.262 e. The minimum absolute atomic E-state index is 0.0965. The van der Waals surface area contributed by atoms with Crippen molar-refractivity contribution in [3.63, 3.8) is 0 Å². The van der Waals surface area contributed by atoms with Crippen molar-refractivity contribution in [2.75, 3.05) is 23.8 Å². The summed E-state index contributed by atoms with van der Waals surface area (Å²) in [4.78, 5) is 12.5. The molecule has 7 nitrogen and oxygen atoms in total. The second-order valence-electron chi connectivity index (χ2n) is 6.83. The van der Waals surface area contributed by atoms with Crippen LogP contribution < -0.4 is 19.5 Å². The summed E-state index contributed by atoms with van der Waals surface area (Å²) >= 11 is 0. The van der Waals surface area contributed by atoms with E-state index < -0.39 is 21.7 Å². The van der Waals surface area contributed by atoms with E-state index in [1.807, 2.05) is 6.92 Å². The van der Waals surface area contributed by atoms with Crippen LogP contribution in [0.4, 0.5) is 15.8 Å². The van der Waals surface area contributed by atoms with E-state index in [0.717, 1.165) is 5.56 Å². The fraction of sp³-hybridized carbons (Fsp3) is 0.174. The normalized spacial score (nSPS) is 11.0. The van der Waals surface area contributed by atoms with Crippen LogP contribution in [0.2, 0.25) is 0 Å². The quantitative estimate of drug-likeness (QED) is 0.515. The molecule has 0 aromatic heterocycles. The van der Waals surface area contributed by atoms with Crippen LogP contribution in [0.3, 0.4) is 0 Å². The molecule has 0 spiro atoms. The van der Waals surface area contributed by atoms with E-state index in [0.29, 0.717) is 5.75 Å². The van der Waals surface area contributed by atoms with E-state index in [2.05, 4.69) is 10.0 Å². The Morgan fingerprint density at radius 3 is 2.41 bits per heavy atom. The molecule has 0 aliphatic carbocycles. The fourth-order valence-electron chi connectivity index (χ4n) is 3.00. The fourth-order valence-corrected chi connectivity index (χ4v) is 4.08. The molecule has 168 valence electrons. The molecule has 2 N–H and O–H groups in total. The summed E-state index contributed by atoms with van der Waals surface area (Å²) in [6.07, 6.45) is 0. The van der Waals surface area contributed by atoms with Crippen molar-refractivity contribution < 1.29 is 27.1 Å². The lowest BCUT2D eigenvalue weighted by molar-refractivity contribution is 0.102. The Kier molecular flexibility index (Phi) is 6.99. The topological polar surface area (TPSA) is 93.7 Å². The summed E-state index contributed by atoms with van der Waals surface area (Å²) in [6.45, 7) is 3.86. The molecule has 0 aliphatic heterocycles. The van der Waals surface area contributed by atoms with Crippen molar-refractivity contribution in [3.8, 4) is 11.5 Å². The number of methoxy groups -OCH3 is 1. The molecular formula is C23H23FN2O5S. The molecule has 32 heavy (non-hydrogen) atoms. The van der Waals surface area contributed by atoms with Gasteiger partial charge in [-0.3, -0.25) is 9.52 Å². The molecule has 9 heteroatoms. The summed E-state index contributed by atoms with van der Waals surface area (Å²) in [7, 11) is -2.60. The second-order valence-corrected chi connectivity index (χ2v) is 8.52. The number of rotatable bonds is 8. The number of halogens is 1. The van der Waals surface area contributed by atoms with Crippen LogP contribution in [0.1, 0.15) is 22.8 Å². The van der Waals surface area contributed by atoms with Gasteiger partial charge in [0, 0.05) is 0 Å². The van der Waals surface area contributed by atoms with Gasteiger partial charge in [-0.1, -0.05) is 18.2 Å². The zero-order valence-electron chi connectivity index (χ0n) is 17.8. The maximum atomic E-state index is 14.0. The minimum atomic E-state index is -4.04. The highest BCUT2D eigenvalue weighted by atomic mass is 32.2. The Morgan fingerprint density at radius 2 is 1.72 bits per heavy atom. The van der Waals surface area contributed by atoms with Crippen molar-refractivity contribution in [1.82, 2.24) is 0 Å². The molecule has 0 heterocycles. The summed E-state index contributed by atoms with van der Waals surface area (Å²) in [5.41, 5.74) is 1.04. The van der Waals surface area contributed by atoms with E-state index in [9.17, 15) is 17.6 Å². The second kappa shape index (κ2) is 9.69. The number of hydrogen-bond donors (Lipinski definition) is 2. The minimum Gasteiger partial charge on any atom is -0.495 e. The van der Waals surface area contributed by atoms with Crippen LogP contribution in [0.15, 0.2) is 65.6 Å². The van der Waals surface area contributed by atoms with Gasteiger partial charge < -0.3 is 14.8 Å². The lowest BCUT2D eigenvalue weighted by atomic mass is 10.2. The molecular weight excluding hydrogens is 435 g/mol. The first-order valence-corrected chi connectivity index (χ1v) is 11.2.